The quantitative estimate of drug-likeness (QED) is 0.891. The van der Waals surface area contributed by atoms with Gasteiger partial charge in [-0.3, -0.25) is 9.78 Å². The lowest BCUT2D eigenvalue weighted by atomic mass is 10.1. The number of aromatic nitrogens is 1. The predicted molar refractivity (Wildman–Crippen MR) is 90.8 cm³/mol. The fourth-order valence-corrected chi connectivity index (χ4v) is 2.74. The normalized spacial score (nSPS) is 13.1. The van der Waals surface area contributed by atoms with Crippen LogP contribution in [-0.2, 0) is 0 Å². The number of hydrogen-bond acceptors (Lipinski definition) is 5. The Morgan fingerprint density at radius 3 is 2.50 bits per heavy atom. The molecule has 126 valence electrons. The largest absolute Gasteiger partial charge is 0.493 e. The van der Waals surface area contributed by atoms with Crippen LogP contribution in [0.25, 0.3) is 0 Å². The molecule has 8 heteroatoms. The van der Waals surface area contributed by atoms with Crippen LogP contribution in [0.15, 0.2) is 24.5 Å². The van der Waals surface area contributed by atoms with Crippen molar-refractivity contribution in [2.75, 3.05) is 25.6 Å². The van der Waals surface area contributed by atoms with Crippen molar-refractivity contribution in [3.63, 3.8) is 0 Å². The molecule has 0 aliphatic carbocycles. The summed E-state index contributed by atoms with van der Waals surface area (Å²) in [7, 11) is 1.53. The lowest BCUT2D eigenvalue weighted by molar-refractivity contribution is 0.102. The highest BCUT2D eigenvalue weighted by Gasteiger charge is 2.24. The number of amides is 1. The molecular formula is C16H14Cl2N2O4. The van der Waals surface area contributed by atoms with Gasteiger partial charge in [0.2, 0.25) is 5.75 Å². The van der Waals surface area contributed by atoms with E-state index in [4.69, 9.17) is 37.4 Å². The summed E-state index contributed by atoms with van der Waals surface area (Å²) >= 11 is 12.1. The first-order chi connectivity index (χ1) is 11.6. The van der Waals surface area contributed by atoms with Gasteiger partial charge in [0, 0.05) is 18.8 Å². The first kappa shape index (κ1) is 16.7. The topological polar surface area (TPSA) is 69.7 Å². The van der Waals surface area contributed by atoms with Crippen molar-refractivity contribution in [3.05, 3.63) is 40.1 Å². The van der Waals surface area contributed by atoms with Crippen molar-refractivity contribution in [2.24, 2.45) is 0 Å². The van der Waals surface area contributed by atoms with E-state index < -0.39 is 5.91 Å². The van der Waals surface area contributed by atoms with Crippen molar-refractivity contribution < 1.29 is 19.0 Å². The third kappa shape index (κ3) is 3.20. The number of carbonyl (C=O) groups is 1. The van der Waals surface area contributed by atoms with E-state index in [1.807, 2.05) is 0 Å². The van der Waals surface area contributed by atoms with Crippen molar-refractivity contribution in [2.45, 2.75) is 6.42 Å². The maximum atomic E-state index is 12.7. The van der Waals surface area contributed by atoms with Crippen LogP contribution in [-0.4, -0.2) is 31.2 Å². The molecule has 0 fully saturated rings. The Labute approximate surface area is 148 Å². The van der Waals surface area contributed by atoms with Crippen molar-refractivity contribution >= 4 is 34.8 Å². The summed E-state index contributed by atoms with van der Waals surface area (Å²) < 4.78 is 16.6. The number of fused-ring (bicyclic) bond motifs is 1. The minimum Gasteiger partial charge on any atom is -0.493 e. The molecule has 6 nitrogen and oxygen atoms in total. The molecule has 0 saturated carbocycles. The van der Waals surface area contributed by atoms with E-state index in [0.29, 0.717) is 42.4 Å². The van der Waals surface area contributed by atoms with E-state index in [9.17, 15) is 4.79 Å². The van der Waals surface area contributed by atoms with Crippen molar-refractivity contribution in [1.29, 1.82) is 0 Å². The molecule has 0 unspecified atom stereocenters. The lowest BCUT2D eigenvalue weighted by Crippen LogP contribution is -2.15. The fraction of sp³-hybridized carbons (Fsp3) is 0.250. The SMILES string of the molecule is COc1ccc(C(=O)Nc2c(Cl)cncc2Cl)c2c1OCCCO2. The number of ether oxygens (including phenoxy) is 3. The second-order valence-corrected chi connectivity index (χ2v) is 5.77. The summed E-state index contributed by atoms with van der Waals surface area (Å²) in [5, 5.41) is 3.17. The Kier molecular flexibility index (Phi) is 4.97. The van der Waals surface area contributed by atoms with Crippen molar-refractivity contribution in [1.82, 2.24) is 4.98 Å². The number of carbonyl (C=O) groups excluding carboxylic acids is 1. The summed E-state index contributed by atoms with van der Waals surface area (Å²) in [6.45, 7) is 0.924. The van der Waals surface area contributed by atoms with Gasteiger partial charge in [0.25, 0.3) is 5.91 Å². The van der Waals surface area contributed by atoms with E-state index in [1.54, 1.807) is 12.1 Å². The first-order valence-electron chi connectivity index (χ1n) is 7.18. The Bertz CT molecular complexity index is 763. The Hall–Kier alpha value is -2.18. The van der Waals surface area contributed by atoms with Crippen LogP contribution < -0.4 is 19.5 Å². The van der Waals surface area contributed by atoms with E-state index in [-0.39, 0.29) is 15.7 Å². The number of nitrogens with zero attached hydrogens (tertiary/aromatic N) is 1. The molecule has 1 N–H and O–H groups in total. The van der Waals surface area contributed by atoms with Crippen LogP contribution in [0.2, 0.25) is 10.0 Å². The van der Waals surface area contributed by atoms with Crippen LogP contribution in [0, 0.1) is 0 Å². The lowest BCUT2D eigenvalue weighted by Gasteiger charge is -2.16. The van der Waals surface area contributed by atoms with Gasteiger partial charge in [-0.25, -0.2) is 0 Å². The number of benzene rings is 1. The summed E-state index contributed by atoms with van der Waals surface area (Å²) in [5.41, 5.74) is 0.592. The second kappa shape index (κ2) is 7.15. The van der Waals surface area contributed by atoms with E-state index >= 15 is 0 Å². The Morgan fingerprint density at radius 1 is 1.17 bits per heavy atom. The number of nitrogens with one attached hydrogen (secondary N) is 1. The molecule has 1 aliphatic rings. The molecule has 0 radical (unpaired) electrons. The molecule has 0 atom stereocenters. The smallest absolute Gasteiger partial charge is 0.259 e. The molecular weight excluding hydrogens is 355 g/mol. The predicted octanol–water partition coefficient (Wildman–Crippen LogP) is 3.81. The number of pyridine rings is 1. The second-order valence-electron chi connectivity index (χ2n) is 4.96. The zero-order valence-electron chi connectivity index (χ0n) is 12.8. The van der Waals surface area contributed by atoms with Crippen LogP contribution in [0.1, 0.15) is 16.8 Å². The van der Waals surface area contributed by atoms with Gasteiger partial charge in [-0.2, -0.15) is 0 Å². The first-order valence-corrected chi connectivity index (χ1v) is 7.94. The molecule has 0 saturated heterocycles. The average Bonchev–Trinajstić information content (AvgIpc) is 2.83. The monoisotopic (exact) mass is 368 g/mol. The molecule has 1 aromatic heterocycles. The number of hydrogen-bond donors (Lipinski definition) is 1. The van der Waals surface area contributed by atoms with Gasteiger partial charge < -0.3 is 19.5 Å². The molecule has 0 spiro atoms. The van der Waals surface area contributed by atoms with E-state index in [2.05, 4.69) is 10.3 Å². The number of anilines is 1. The molecule has 0 bridgehead atoms. The van der Waals surface area contributed by atoms with Gasteiger partial charge in [-0.1, -0.05) is 23.2 Å². The highest BCUT2D eigenvalue weighted by molar-refractivity contribution is 6.39. The number of methoxy groups -OCH3 is 1. The minimum atomic E-state index is -0.422. The zero-order chi connectivity index (χ0) is 17.1. The third-order valence-electron chi connectivity index (χ3n) is 3.41. The number of rotatable bonds is 3. The maximum absolute atomic E-state index is 12.7. The van der Waals surface area contributed by atoms with E-state index in [0.717, 1.165) is 0 Å². The minimum absolute atomic E-state index is 0.243. The molecule has 24 heavy (non-hydrogen) atoms. The highest BCUT2D eigenvalue weighted by Crippen LogP contribution is 2.42. The maximum Gasteiger partial charge on any atom is 0.259 e. The van der Waals surface area contributed by atoms with Crippen LogP contribution >= 0.6 is 23.2 Å². The molecule has 2 heterocycles. The zero-order valence-corrected chi connectivity index (χ0v) is 14.3. The third-order valence-corrected chi connectivity index (χ3v) is 3.99. The summed E-state index contributed by atoms with van der Waals surface area (Å²) in [5.74, 6) is 0.832. The van der Waals surface area contributed by atoms with Crippen LogP contribution in [0.3, 0.4) is 0 Å². The van der Waals surface area contributed by atoms with Crippen LogP contribution in [0.5, 0.6) is 17.2 Å². The molecule has 1 aliphatic heterocycles. The fourth-order valence-electron chi connectivity index (χ4n) is 2.28. The molecule has 1 aromatic carbocycles. The van der Waals surface area contributed by atoms with Gasteiger partial charge in [0.1, 0.15) is 0 Å². The van der Waals surface area contributed by atoms with Crippen molar-refractivity contribution in [3.8, 4) is 17.2 Å². The van der Waals surface area contributed by atoms with Gasteiger partial charge >= 0.3 is 0 Å². The van der Waals surface area contributed by atoms with Crippen LogP contribution in [0.4, 0.5) is 5.69 Å². The van der Waals surface area contributed by atoms with E-state index in [1.165, 1.54) is 19.5 Å². The highest BCUT2D eigenvalue weighted by atomic mass is 35.5. The van der Waals surface area contributed by atoms with Gasteiger partial charge in [0.15, 0.2) is 11.5 Å². The Morgan fingerprint density at radius 2 is 1.83 bits per heavy atom. The van der Waals surface area contributed by atoms with Gasteiger partial charge in [-0.05, 0) is 12.1 Å². The van der Waals surface area contributed by atoms with Gasteiger partial charge in [0.05, 0.1) is 41.6 Å². The standard InChI is InChI=1S/C16H14Cl2N2O4/c1-22-12-4-3-9(14-15(12)24-6-2-5-23-14)16(21)20-13-10(17)7-19-8-11(13)18/h3-4,7-8H,2,5-6H2,1H3,(H,19,20,21). The molecule has 2 aromatic rings. The molecule has 1 amide bonds. The number of halogens is 2. The summed E-state index contributed by atoms with van der Waals surface area (Å²) in [6.07, 6.45) is 3.51. The average molecular weight is 369 g/mol. The summed E-state index contributed by atoms with van der Waals surface area (Å²) in [4.78, 5) is 16.5. The summed E-state index contributed by atoms with van der Waals surface area (Å²) in [6, 6.07) is 3.25. The molecule has 3 rings (SSSR count). The Balaban J connectivity index is 1.98. The van der Waals surface area contributed by atoms with Gasteiger partial charge in [-0.15, -0.1) is 0 Å².